The van der Waals surface area contributed by atoms with Crippen LogP contribution < -0.4 is 10.2 Å². The number of nitrogens with zero attached hydrogens (tertiary/aromatic N) is 1. The third-order valence-electron chi connectivity index (χ3n) is 3.76. The van der Waals surface area contributed by atoms with Crippen molar-refractivity contribution in [3.8, 4) is 0 Å². The molecule has 0 radical (unpaired) electrons. The van der Waals surface area contributed by atoms with Gasteiger partial charge in [0.15, 0.2) is 0 Å². The molecule has 0 heterocycles. The number of hydrogen-bond donors (Lipinski definition) is 1. The van der Waals surface area contributed by atoms with E-state index < -0.39 is 5.60 Å². The number of amides is 1. The van der Waals surface area contributed by atoms with Crippen LogP contribution in [0.3, 0.4) is 0 Å². The number of alkyl carbamates (subject to hydrolysis) is 1. The third kappa shape index (κ3) is 6.49. The predicted molar refractivity (Wildman–Crippen MR) is 103 cm³/mol. The van der Waals surface area contributed by atoms with Gasteiger partial charge in [0.2, 0.25) is 0 Å². The summed E-state index contributed by atoms with van der Waals surface area (Å²) in [5.74, 6) is 0. The normalized spacial score (nSPS) is 11.0. The van der Waals surface area contributed by atoms with E-state index in [0.29, 0.717) is 13.1 Å². The van der Waals surface area contributed by atoms with Gasteiger partial charge in [0, 0.05) is 25.8 Å². The number of para-hydroxylation sites is 1. The molecule has 0 saturated heterocycles. The van der Waals surface area contributed by atoms with Crippen LogP contribution in [0.4, 0.5) is 10.5 Å². The van der Waals surface area contributed by atoms with E-state index in [9.17, 15) is 4.79 Å². The predicted octanol–water partition coefficient (Wildman–Crippen LogP) is 4.24. The van der Waals surface area contributed by atoms with Crippen molar-refractivity contribution in [3.63, 3.8) is 0 Å². The summed E-state index contributed by atoms with van der Waals surface area (Å²) < 4.78 is 5.26. The second-order valence-electron chi connectivity index (χ2n) is 7.14. The van der Waals surface area contributed by atoms with Gasteiger partial charge in [-0.2, -0.15) is 0 Å². The van der Waals surface area contributed by atoms with Gasteiger partial charge in [0.05, 0.1) is 0 Å². The van der Waals surface area contributed by atoms with E-state index in [2.05, 4.69) is 52.7 Å². The van der Waals surface area contributed by atoms with Gasteiger partial charge in [-0.25, -0.2) is 4.79 Å². The fraction of sp³-hybridized carbons (Fsp3) is 0.381. The molecule has 2 rings (SSSR count). The Kier molecular flexibility index (Phi) is 6.45. The number of hydrogen-bond acceptors (Lipinski definition) is 3. The third-order valence-corrected chi connectivity index (χ3v) is 3.76. The number of nitrogens with one attached hydrogen (secondary N) is 1. The van der Waals surface area contributed by atoms with Gasteiger partial charge >= 0.3 is 6.09 Å². The van der Waals surface area contributed by atoms with Crippen LogP contribution in [0.1, 0.15) is 31.9 Å². The summed E-state index contributed by atoms with van der Waals surface area (Å²) in [6.45, 7) is 6.83. The zero-order valence-corrected chi connectivity index (χ0v) is 15.6. The lowest BCUT2D eigenvalue weighted by Gasteiger charge is -2.24. The van der Waals surface area contributed by atoms with Crippen molar-refractivity contribution >= 4 is 11.8 Å². The molecular weight excluding hydrogens is 312 g/mol. The van der Waals surface area contributed by atoms with Gasteiger partial charge < -0.3 is 15.0 Å². The minimum atomic E-state index is -0.474. The summed E-state index contributed by atoms with van der Waals surface area (Å²) in [5.41, 5.74) is 3.26. The molecule has 4 nitrogen and oxygen atoms in total. The minimum Gasteiger partial charge on any atom is -0.444 e. The van der Waals surface area contributed by atoms with Crippen LogP contribution in [0.2, 0.25) is 0 Å². The maximum atomic E-state index is 11.7. The number of carbonyl (C=O) groups is 1. The van der Waals surface area contributed by atoms with Crippen LogP contribution in [-0.2, 0) is 11.2 Å². The number of anilines is 1. The van der Waals surface area contributed by atoms with Gasteiger partial charge in [-0.05, 0) is 44.4 Å². The molecular formula is C21H28N2O2. The highest BCUT2D eigenvalue weighted by Gasteiger charge is 2.16. The molecule has 1 N–H and O–H groups in total. The number of carbonyl (C=O) groups excluding carboxylic acids is 1. The first-order valence-corrected chi connectivity index (χ1v) is 8.65. The Morgan fingerprint density at radius 2 is 1.68 bits per heavy atom. The molecule has 134 valence electrons. The Hall–Kier alpha value is -2.49. The van der Waals surface area contributed by atoms with Crippen molar-refractivity contribution in [1.29, 1.82) is 0 Å². The Morgan fingerprint density at radius 3 is 2.36 bits per heavy atom. The molecule has 2 aromatic rings. The number of ether oxygens (including phenoxy) is 1. The fourth-order valence-corrected chi connectivity index (χ4v) is 2.61. The molecule has 0 unspecified atom stereocenters. The van der Waals surface area contributed by atoms with Crippen molar-refractivity contribution < 1.29 is 9.53 Å². The van der Waals surface area contributed by atoms with Crippen molar-refractivity contribution in [3.05, 3.63) is 65.7 Å². The van der Waals surface area contributed by atoms with Crippen molar-refractivity contribution in [2.45, 2.75) is 32.8 Å². The van der Waals surface area contributed by atoms with Crippen molar-refractivity contribution in [1.82, 2.24) is 5.32 Å². The topological polar surface area (TPSA) is 41.6 Å². The second-order valence-corrected chi connectivity index (χ2v) is 7.14. The number of rotatable bonds is 6. The molecule has 0 atom stereocenters. The first-order chi connectivity index (χ1) is 11.8. The molecule has 0 spiro atoms. The van der Waals surface area contributed by atoms with E-state index >= 15 is 0 Å². The zero-order valence-electron chi connectivity index (χ0n) is 15.6. The Morgan fingerprint density at radius 1 is 1.04 bits per heavy atom. The smallest absolute Gasteiger partial charge is 0.407 e. The Labute approximate surface area is 150 Å². The molecule has 25 heavy (non-hydrogen) atoms. The van der Waals surface area contributed by atoms with Crippen LogP contribution in [0.15, 0.2) is 54.6 Å². The van der Waals surface area contributed by atoms with E-state index in [4.69, 9.17) is 4.74 Å². The van der Waals surface area contributed by atoms with Gasteiger partial charge in [-0.1, -0.05) is 48.5 Å². The summed E-state index contributed by atoms with van der Waals surface area (Å²) in [4.78, 5) is 13.9. The lowest BCUT2D eigenvalue weighted by atomic mass is 10.0. The van der Waals surface area contributed by atoms with Gasteiger partial charge in [-0.15, -0.1) is 0 Å². The van der Waals surface area contributed by atoms with Crippen LogP contribution in [-0.4, -0.2) is 31.8 Å². The zero-order chi connectivity index (χ0) is 18.3. The van der Waals surface area contributed by atoms with Crippen LogP contribution in [0, 0.1) is 0 Å². The molecule has 0 aliphatic rings. The molecule has 0 aliphatic heterocycles. The maximum Gasteiger partial charge on any atom is 0.407 e. The monoisotopic (exact) mass is 340 g/mol. The summed E-state index contributed by atoms with van der Waals surface area (Å²) in [5, 5.41) is 2.81. The fourth-order valence-electron chi connectivity index (χ4n) is 2.61. The lowest BCUT2D eigenvalue weighted by molar-refractivity contribution is 0.0529. The molecule has 4 heteroatoms. The van der Waals surface area contributed by atoms with Gasteiger partial charge in [0.1, 0.15) is 5.60 Å². The molecule has 0 bridgehead atoms. The van der Waals surface area contributed by atoms with Gasteiger partial charge in [0.25, 0.3) is 0 Å². The Balaban J connectivity index is 1.93. The maximum absolute atomic E-state index is 11.7. The van der Waals surface area contributed by atoms with Gasteiger partial charge in [-0.3, -0.25) is 0 Å². The average molecular weight is 340 g/mol. The van der Waals surface area contributed by atoms with E-state index in [-0.39, 0.29) is 6.09 Å². The van der Waals surface area contributed by atoms with Crippen LogP contribution in [0.5, 0.6) is 0 Å². The highest BCUT2D eigenvalue weighted by molar-refractivity contribution is 5.67. The largest absolute Gasteiger partial charge is 0.444 e. The molecule has 0 aromatic heterocycles. The highest BCUT2D eigenvalue weighted by atomic mass is 16.6. The lowest BCUT2D eigenvalue weighted by Crippen LogP contribution is -2.37. The van der Waals surface area contributed by atoms with Crippen LogP contribution >= 0.6 is 0 Å². The molecule has 0 saturated carbocycles. The molecule has 1 amide bonds. The second kappa shape index (κ2) is 8.56. The summed E-state index contributed by atoms with van der Waals surface area (Å²) in [7, 11) is 2.04. The van der Waals surface area contributed by atoms with E-state index in [1.54, 1.807) is 0 Å². The summed E-state index contributed by atoms with van der Waals surface area (Å²) >= 11 is 0. The minimum absolute atomic E-state index is 0.376. The summed E-state index contributed by atoms with van der Waals surface area (Å²) in [6, 6.07) is 18.8. The van der Waals surface area contributed by atoms with Crippen molar-refractivity contribution in [2.24, 2.45) is 0 Å². The van der Waals surface area contributed by atoms with Crippen molar-refractivity contribution in [2.75, 3.05) is 25.0 Å². The van der Waals surface area contributed by atoms with E-state index in [1.165, 1.54) is 16.8 Å². The van der Waals surface area contributed by atoms with E-state index in [1.807, 2.05) is 40.0 Å². The SMILES string of the molecule is CN(CCNC(=O)OC(C)(C)C)c1ccccc1Cc1ccccc1. The van der Waals surface area contributed by atoms with E-state index in [0.717, 1.165) is 6.42 Å². The summed E-state index contributed by atoms with van der Waals surface area (Å²) in [6.07, 6.45) is 0.513. The molecule has 0 aliphatic carbocycles. The first-order valence-electron chi connectivity index (χ1n) is 8.65. The molecule has 0 fully saturated rings. The molecule has 2 aromatic carbocycles. The first kappa shape index (κ1) is 18.8. The number of benzene rings is 2. The standard InChI is InChI=1S/C21H28N2O2/c1-21(2,3)25-20(24)22-14-15-23(4)19-13-9-8-12-18(19)16-17-10-6-5-7-11-17/h5-13H,14-16H2,1-4H3,(H,22,24). The Bertz CT molecular complexity index is 678. The number of likely N-dealkylation sites (N-methyl/N-ethyl adjacent to an activating group) is 1. The van der Waals surface area contributed by atoms with Crippen LogP contribution in [0.25, 0.3) is 0 Å². The quantitative estimate of drug-likeness (QED) is 0.855. The average Bonchev–Trinajstić information content (AvgIpc) is 2.54. The highest BCUT2D eigenvalue weighted by Crippen LogP contribution is 2.22.